The number of nitrogens with one attached hydrogen (secondary N) is 1. The fourth-order valence-corrected chi connectivity index (χ4v) is 2.88. The van der Waals surface area contributed by atoms with Crippen molar-refractivity contribution < 1.29 is 0 Å². The maximum atomic E-state index is 4.56. The third kappa shape index (κ3) is 2.60. The van der Waals surface area contributed by atoms with Crippen LogP contribution in [0.15, 0.2) is 70.4 Å². The first kappa shape index (κ1) is 12.9. The molecule has 3 nitrogen and oxygen atoms in total. The number of H-pyrrole nitrogens is 1. The molecule has 1 N–H and O–H groups in total. The van der Waals surface area contributed by atoms with Gasteiger partial charge in [0.05, 0.1) is 16.7 Å². The van der Waals surface area contributed by atoms with E-state index in [9.17, 15) is 0 Å². The van der Waals surface area contributed by atoms with Crippen LogP contribution in [0.4, 0.5) is 0 Å². The average molecular weight is 281 g/mol. The third-order valence-corrected chi connectivity index (χ3v) is 4.08. The average Bonchev–Trinajstić information content (AvgIpc) is 2.89. The Morgan fingerprint density at radius 3 is 2.95 bits per heavy atom. The first-order chi connectivity index (χ1) is 9.76. The fourth-order valence-electron chi connectivity index (χ4n) is 2.06. The second-order valence-corrected chi connectivity index (χ2v) is 5.50. The van der Waals surface area contributed by atoms with E-state index in [1.165, 1.54) is 5.57 Å². The summed E-state index contributed by atoms with van der Waals surface area (Å²) in [4.78, 5) is 12.1. The fraction of sp³-hybridized carbons (Fsp3) is 0.125. The number of allylic oxidation sites excluding steroid dienone is 4. The number of hydrogen-bond acceptors (Lipinski definition) is 3. The number of aliphatic imine (C=N–C) groups is 1. The maximum Gasteiger partial charge on any atom is 0.166 e. The van der Waals surface area contributed by atoms with Crippen molar-refractivity contribution in [1.82, 2.24) is 9.97 Å². The molecular formula is C16H15N3S. The normalized spacial score (nSPS) is 16.9. The predicted molar refractivity (Wildman–Crippen MR) is 86.5 cm³/mol. The molecule has 0 unspecified atom stereocenters. The molecule has 0 aliphatic heterocycles. The van der Waals surface area contributed by atoms with Crippen LogP contribution in [0.3, 0.4) is 0 Å². The lowest BCUT2D eigenvalue weighted by Crippen LogP contribution is -2.03. The van der Waals surface area contributed by atoms with Gasteiger partial charge in [-0.2, -0.15) is 0 Å². The van der Waals surface area contributed by atoms with Crippen molar-refractivity contribution in [3.05, 3.63) is 60.2 Å². The van der Waals surface area contributed by atoms with Gasteiger partial charge >= 0.3 is 0 Å². The lowest BCUT2D eigenvalue weighted by Gasteiger charge is -2.09. The van der Waals surface area contributed by atoms with Gasteiger partial charge in [0.15, 0.2) is 5.16 Å². The Morgan fingerprint density at radius 1 is 1.30 bits per heavy atom. The van der Waals surface area contributed by atoms with Crippen LogP contribution in [-0.2, 0) is 0 Å². The zero-order valence-electron chi connectivity index (χ0n) is 11.3. The molecule has 0 atom stereocenters. The number of thioether (sulfide) groups is 1. The molecule has 100 valence electrons. The second-order valence-electron chi connectivity index (χ2n) is 4.53. The van der Waals surface area contributed by atoms with Gasteiger partial charge in [-0.3, -0.25) is 4.99 Å². The molecule has 0 saturated heterocycles. The Hall–Kier alpha value is -2.07. The molecule has 1 aliphatic carbocycles. The van der Waals surface area contributed by atoms with Gasteiger partial charge in [-0.25, -0.2) is 4.98 Å². The van der Waals surface area contributed by atoms with Gasteiger partial charge < -0.3 is 4.98 Å². The van der Waals surface area contributed by atoms with Crippen LogP contribution in [0.25, 0.3) is 11.0 Å². The van der Waals surface area contributed by atoms with E-state index in [-0.39, 0.29) is 0 Å². The van der Waals surface area contributed by atoms with Crippen LogP contribution in [0, 0.1) is 0 Å². The predicted octanol–water partition coefficient (Wildman–Crippen LogP) is 3.78. The summed E-state index contributed by atoms with van der Waals surface area (Å²) in [7, 11) is 1.79. The number of para-hydroxylation sites is 2. The van der Waals surface area contributed by atoms with Crippen LogP contribution in [0.1, 0.15) is 0 Å². The molecule has 0 fully saturated rings. The zero-order valence-corrected chi connectivity index (χ0v) is 12.1. The van der Waals surface area contributed by atoms with E-state index in [1.807, 2.05) is 30.3 Å². The van der Waals surface area contributed by atoms with Crippen LogP contribution in [0.5, 0.6) is 0 Å². The van der Waals surface area contributed by atoms with Gasteiger partial charge in [-0.05, 0) is 29.4 Å². The monoisotopic (exact) mass is 281 g/mol. The third-order valence-electron chi connectivity index (χ3n) is 3.13. The number of fused-ring (bicyclic) bond motifs is 1. The maximum absolute atomic E-state index is 4.56. The number of imidazole rings is 1. The molecule has 1 aromatic carbocycles. The summed E-state index contributed by atoms with van der Waals surface area (Å²) < 4.78 is 0. The number of hydrogen-bond donors (Lipinski definition) is 1. The summed E-state index contributed by atoms with van der Waals surface area (Å²) in [5, 5.41) is 0.944. The molecule has 0 amide bonds. The molecule has 0 saturated carbocycles. The van der Waals surface area contributed by atoms with Crippen molar-refractivity contribution in [2.45, 2.75) is 5.16 Å². The molecule has 0 spiro atoms. The van der Waals surface area contributed by atoms with Crippen LogP contribution >= 0.6 is 11.8 Å². The van der Waals surface area contributed by atoms with Crippen molar-refractivity contribution in [3.8, 4) is 0 Å². The van der Waals surface area contributed by atoms with Crippen molar-refractivity contribution in [3.63, 3.8) is 0 Å². The quantitative estimate of drug-likeness (QED) is 0.870. The second kappa shape index (κ2) is 5.51. The molecule has 3 rings (SSSR count). The lowest BCUT2D eigenvalue weighted by molar-refractivity contribution is 1.08. The molecule has 1 aliphatic rings. The summed E-state index contributed by atoms with van der Waals surface area (Å²) in [5.41, 5.74) is 5.22. The molecule has 0 bridgehead atoms. The van der Waals surface area contributed by atoms with Gasteiger partial charge in [0.25, 0.3) is 0 Å². The lowest BCUT2D eigenvalue weighted by atomic mass is 10.0. The van der Waals surface area contributed by atoms with Crippen molar-refractivity contribution in [2.75, 3.05) is 12.8 Å². The Morgan fingerprint density at radius 2 is 2.15 bits per heavy atom. The van der Waals surface area contributed by atoms with Gasteiger partial charge in [-0.1, -0.05) is 42.6 Å². The van der Waals surface area contributed by atoms with Gasteiger partial charge in [-0.15, -0.1) is 0 Å². The van der Waals surface area contributed by atoms with E-state index in [1.54, 1.807) is 18.8 Å². The topological polar surface area (TPSA) is 41.0 Å². The largest absolute Gasteiger partial charge is 0.333 e. The number of rotatable bonds is 3. The highest BCUT2D eigenvalue weighted by molar-refractivity contribution is 7.99. The first-order valence-electron chi connectivity index (χ1n) is 6.38. The first-order valence-corrected chi connectivity index (χ1v) is 7.37. The molecule has 1 heterocycles. The number of aromatic amines is 1. The number of nitrogens with zero attached hydrogens (tertiary/aromatic N) is 2. The van der Waals surface area contributed by atoms with Crippen LogP contribution < -0.4 is 0 Å². The minimum Gasteiger partial charge on any atom is -0.333 e. The van der Waals surface area contributed by atoms with Crippen molar-refractivity contribution in [2.24, 2.45) is 4.99 Å². The Labute approximate surface area is 122 Å². The number of aromatic nitrogens is 2. The molecular weight excluding hydrogens is 266 g/mol. The Kier molecular flexibility index (Phi) is 3.56. The smallest absolute Gasteiger partial charge is 0.166 e. The van der Waals surface area contributed by atoms with Crippen molar-refractivity contribution >= 4 is 28.5 Å². The molecule has 0 radical (unpaired) electrons. The molecule has 4 heteroatoms. The van der Waals surface area contributed by atoms with Gasteiger partial charge in [0, 0.05) is 12.8 Å². The SMILES string of the molecule is C=C1C=CC(CSc2nc3ccccc3[nH]2)=CC1=NC. The van der Waals surface area contributed by atoms with E-state index in [4.69, 9.17) is 0 Å². The standard InChI is InChI=1S/C16H15N3S/c1-11-7-8-12(9-15(11)17-2)10-20-16-18-13-5-3-4-6-14(13)19-16/h3-9H,1,10H2,2H3,(H,18,19). The van der Waals surface area contributed by atoms with Gasteiger partial charge in [0.2, 0.25) is 0 Å². The minimum absolute atomic E-state index is 0.864. The summed E-state index contributed by atoms with van der Waals surface area (Å²) in [6, 6.07) is 8.07. The highest BCUT2D eigenvalue weighted by Crippen LogP contribution is 2.23. The van der Waals surface area contributed by atoms with E-state index in [0.29, 0.717) is 0 Å². The van der Waals surface area contributed by atoms with Crippen LogP contribution in [-0.4, -0.2) is 28.5 Å². The summed E-state index contributed by atoms with van der Waals surface area (Å²) in [5.74, 6) is 0.864. The Bertz CT molecular complexity index is 717. The van der Waals surface area contributed by atoms with E-state index < -0.39 is 0 Å². The van der Waals surface area contributed by atoms with Crippen LogP contribution in [0.2, 0.25) is 0 Å². The van der Waals surface area contributed by atoms with Gasteiger partial charge in [0.1, 0.15) is 0 Å². The highest BCUT2D eigenvalue weighted by atomic mass is 32.2. The summed E-state index contributed by atoms with van der Waals surface area (Å²) >= 11 is 1.70. The zero-order chi connectivity index (χ0) is 13.9. The summed E-state index contributed by atoms with van der Waals surface area (Å²) in [6.45, 7) is 3.96. The molecule has 2 aromatic rings. The summed E-state index contributed by atoms with van der Waals surface area (Å²) in [6.07, 6.45) is 6.18. The van der Waals surface area contributed by atoms with E-state index >= 15 is 0 Å². The number of benzene rings is 1. The van der Waals surface area contributed by atoms with E-state index in [0.717, 1.165) is 33.2 Å². The highest BCUT2D eigenvalue weighted by Gasteiger charge is 2.08. The molecule has 20 heavy (non-hydrogen) atoms. The van der Waals surface area contributed by atoms with Crippen molar-refractivity contribution in [1.29, 1.82) is 0 Å². The minimum atomic E-state index is 0.864. The van der Waals surface area contributed by atoms with E-state index in [2.05, 4.69) is 33.7 Å². The molecule has 1 aromatic heterocycles. The Balaban J connectivity index is 1.73.